The Morgan fingerprint density at radius 3 is 2.80 bits per heavy atom. The van der Waals surface area contributed by atoms with Crippen LogP contribution in [-0.2, 0) is 13.5 Å². The van der Waals surface area contributed by atoms with Gasteiger partial charge in [0.15, 0.2) is 5.95 Å². The molecule has 0 radical (unpaired) electrons. The zero-order valence-corrected chi connectivity index (χ0v) is 6.46. The third kappa shape index (κ3) is 1.29. The fraction of sp³-hybridized carbons (Fsp3) is 0.571. The summed E-state index contributed by atoms with van der Waals surface area (Å²) in [6.07, 6.45) is 4.11. The molecule has 0 bridgehead atoms. The molecule has 0 amide bonds. The Morgan fingerprint density at radius 1 is 1.70 bits per heavy atom. The summed E-state index contributed by atoms with van der Waals surface area (Å²) >= 11 is 0. The van der Waals surface area contributed by atoms with Gasteiger partial charge in [-0.1, -0.05) is 13.3 Å². The summed E-state index contributed by atoms with van der Waals surface area (Å²) in [6.45, 7) is 2.13. The van der Waals surface area contributed by atoms with Gasteiger partial charge in [0.1, 0.15) is 0 Å². The Bertz CT molecular complexity index is 195. The van der Waals surface area contributed by atoms with Gasteiger partial charge in [0.2, 0.25) is 0 Å². The maximum atomic E-state index is 5.52. The largest absolute Gasteiger partial charge is 0.369 e. The topological polar surface area (TPSA) is 43.8 Å². The molecule has 2 N–H and O–H groups in total. The quantitative estimate of drug-likeness (QED) is 0.663. The average molecular weight is 139 g/mol. The highest BCUT2D eigenvalue weighted by molar-refractivity contribution is 5.21. The Kier molecular flexibility index (Phi) is 1.94. The fourth-order valence-corrected chi connectivity index (χ4v) is 0.921. The van der Waals surface area contributed by atoms with E-state index >= 15 is 0 Å². The first-order valence-electron chi connectivity index (χ1n) is 3.51. The summed E-state index contributed by atoms with van der Waals surface area (Å²) in [5.74, 6) is 0.600. The zero-order valence-electron chi connectivity index (χ0n) is 6.46. The number of aryl methyl sites for hydroxylation is 2. The molecule has 0 atom stereocenters. The van der Waals surface area contributed by atoms with Crippen LogP contribution in [0.2, 0.25) is 0 Å². The van der Waals surface area contributed by atoms with E-state index in [0.29, 0.717) is 5.95 Å². The summed E-state index contributed by atoms with van der Waals surface area (Å²) in [5, 5.41) is 0. The molecular weight excluding hydrogens is 126 g/mol. The van der Waals surface area contributed by atoms with Gasteiger partial charge in [0.25, 0.3) is 0 Å². The minimum absolute atomic E-state index is 0.600. The van der Waals surface area contributed by atoms with E-state index in [0.717, 1.165) is 18.5 Å². The maximum Gasteiger partial charge on any atom is 0.200 e. The van der Waals surface area contributed by atoms with Gasteiger partial charge in [0.05, 0.1) is 5.69 Å². The second kappa shape index (κ2) is 2.73. The van der Waals surface area contributed by atoms with Crippen molar-refractivity contribution in [3.63, 3.8) is 0 Å². The Morgan fingerprint density at radius 2 is 2.40 bits per heavy atom. The lowest BCUT2D eigenvalue weighted by Gasteiger charge is -1.87. The van der Waals surface area contributed by atoms with Gasteiger partial charge in [-0.3, -0.25) is 0 Å². The van der Waals surface area contributed by atoms with Gasteiger partial charge in [0, 0.05) is 13.2 Å². The Labute approximate surface area is 60.9 Å². The van der Waals surface area contributed by atoms with Gasteiger partial charge in [-0.25, -0.2) is 4.98 Å². The number of nitrogens with zero attached hydrogens (tertiary/aromatic N) is 2. The number of hydrogen-bond acceptors (Lipinski definition) is 2. The average Bonchev–Trinajstić information content (AvgIpc) is 2.14. The highest BCUT2D eigenvalue weighted by Crippen LogP contribution is 2.03. The van der Waals surface area contributed by atoms with Gasteiger partial charge >= 0.3 is 0 Å². The first-order valence-corrected chi connectivity index (χ1v) is 3.51. The number of rotatable bonds is 2. The monoisotopic (exact) mass is 139 g/mol. The molecule has 10 heavy (non-hydrogen) atoms. The van der Waals surface area contributed by atoms with Crippen LogP contribution in [0.3, 0.4) is 0 Å². The van der Waals surface area contributed by atoms with Crippen LogP contribution in [0.4, 0.5) is 5.95 Å². The molecule has 1 aromatic heterocycles. The molecular formula is C7H13N3. The van der Waals surface area contributed by atoms with E-state index in [4.69, 9.17) is 5.73 Å². The highest BCUT2D eigenvalue weighted by atomic mass is 15.1. The van der Waals surface area contributed by atoms with E-state index in [-0.39, 0.29) is 0 Å². The van der Waals surface area contributed by atoms with Crippen molar-refractivity contribution in [3.05, 3.63) is 11.9 Å². The van der Waals surface area contributed by atoms with E-state index in [9.17, 15) is 0 Å². The second-order valence-electron chi connectivity index (χ2n) is 2.45. The molecule has 1 rings (SSSR count). The standard InChI is InChI=1S/C7H13N3/c1-3-4-6-5-10(2)7(8)9-6/h5H,3-4H2,1-2H3,(H2,8,9). The first kappa shape index (κ1) is 7.12. The van der Waals surface area contributed by atoms with E-state index in [1.54, 1.807) is 0 Å². The van der Waals surface area contributed by atoms with Gasteiger partial charge in [-0.15, -0.1) is 0 Å². The van der Waals surface area contributed by atoms with E-state index in [2.05, 4.69) is 11.9 Å². The van der Waals surface area contributed by atoms with Gasteiger partial charge in [-0.05, 0) is 6.42 Å². The predicted molar refractivity (Wildman–Crippen MR) is 41.6 cm³/mol. The molecule has 1 aromatic rings. The second-order valence-corrected chi connectivity index (χ2v) is 2.45. The minimum Gasteiger partial charge on any atom is -0.369 e. The van der Waals surface area contributed by atoms with Crippen LogP contribution < -0.4 is 5.73 Å². The van der Waals surface area contributed by atoms with Crippen molar-refractivity contribution in [2.24, 2.45) is 7.05 Å². The van der Waals surface area contributed by atoms with Crippen LogP contribution in [0, 0.1) is 0 Å². The lowest BCUT2D eigenvalue weighted by Crippen LogP contribution is -1.94. The molecule has 0 saturated carbocycles. The van der Waals surface area contributed by atoms with Crippen molar-refractivity contribution >= 4 is 5.95 Å². The van der Waals surface area contributed by atoms with Crippen LogP contribution >= 0.6 is 0 Å². The predicted octanol–water partition coefficient (Wildman–Crippen LogP) is 0.955. The number of anilines is 1. The fourth-order valence-electron chi connectivity index (χ4n) is 0.921. The SMILES string of the molecule is CCCc1cn(C)c(N)n1. The van der Waals surface area contributed by atoms with Crippen LogP contribution in [0.1, 0.15) is 19.0 Å². The highest BCUT2D eigenvalue weighted by Gasteiger charge is 1.98. The molecule has 3 nitrogen and oxygen atoms in total. The third-order valence-electron chi connectivity index (χ3n) is 1.47. The molecule has 0 aliphatic carbocycles. The molecule has 0 spiro atoms. The molecule has 56 valence electrons. The summed E-state index contributed by atoms with van der Waals surface area (Å²) in [4.78, 5) is 4.14. The number of nitrogens with two attached hydrogens (primary N) is 1. The normalized spacial score (nSPS) is 10.2. The molecule has 0 aliphatic heterocycles. The van der Waals surface area contributed by atoms with Crippen molar-refractivity contribution in [2.45, 2.75) is 19.8 Å². The lowest BCUT2D eigenvalue weighted by atomic mass is 10.3. The Balaban J connectivity index is 2.77. The summed E-state index contributed by atoms with van der Waals surface area (Å²) in [6, 6.07) is 0. The molecule has 0 fully saturated rings. The smallest absolute Gasteiger partial charge is 0.200 e. The van der Waals surface area contributed by atoms with Crippen LogP contribution in [0.5, 0.6) is 0 Å². The van der Waals surface area contributed by atoms with Gasteiger partial charge < -0.3 is 10.3 Å². The molecule has 0 aromatic carbocycles. The minimum atomic E-state index is 0.600. The van der Waals surface area contributed by atoms with E-state index in [1.807, 2.05) is 17.8 Å². The first-order chi connectivity index (χ1) is 4.74. The van der Waals surface area contributed by atoms with E-state index in [1.165, 1.54) is 0 Å². The van der Waals surface area contributed by atoms with Crippen LogP contribution in [-0.4, -0.2) is 9.55 Å². The molecule has 0 aliphatic rings. The maximum absolute atomic E-state index is 5.52. The van der Waals surface area contributed by atoms with Gasteiger partial charge in [-0.2, -0.15) is 0 Å². The summed E-state index contributed by atoms with van der Waals surface area (Å²) < 4.78 is 1.84. The lowest BCUT2D eigenvalue weighted by molar-refractivity contribution is 0.885. The van der Waals surface area contributed by atoms with Crippen molar-refractivity contribution in [1.29, 1.82) is 0 Å². The number of hydrogen-bond donors (Lipinski definition) is 1. The summed E-state index contributed by atoms with van der Waals surface area (Å²) in [5.41, 5.74) is 6.61. The van der Waals surface area contributed by atoms with E-state index < -0.39 is 0 Å². The number of aromatic nitrogens is 2. The van der Waals surface area contributed by atoms with Crippen molar-refractivity contribution in [1.82, 2.24) is 9.55 Å². The van der Waals surface area contributed by atoms with Crippen molar-refractivity contribution in [3.8, 4) is 0 Å². The zero-order chi connectivity index (χ0) is 7.56. The third-order valence-corrected chi connectivity index (χ3v) is 1.47. The molecule has 0 unspecified atom stereocenters. The molecule has 0 saturated heterocycles. The van der Waals surface area contributed by atoms with Crippen LogP contribution in [0.25, 0.3) is 0 Å². The number of nitrogen functional groups attached to an aromatic ring is 1. The summed E-state index contributed by atoms with van der Waals surface area (Å²) in [7, 11) is 1.90. The Hall–Kier alpha value is -0.990. The van der Waals surface area contributed by atoms with Crippen LogP contribution in [0.15, 0.2) is 6.20 Å². The van der Waals surface area contributed by atoms with Crippen molar-refractivity contribution < 1.29 is 0 Å². The molecule has 3 heteroatoms. The van der Waals surface area contributed by atoms with Crippen molar-refractivity contribution in [2.75, 3.05) is 5.73 Å². The number of imidazole rings is 1. The molecule has 1 heterocycles.